The molecule has 0 aliphatic carbocycles. The lowest BCUT2D eigenvalue weighted by Gasteiger charge is -2.17. The normalized spacial score (nSPS) is 13.0. The van der Waals surface area contributed by atoms with Gasteiger partial charge in [-0.1, -0.05) is 6.92 Å². The first-order chi connectivity index (χ1) is 7.70. The lowest BCUT2D eigenvalue weighted by Crippen LogP contribution is -2.21. The van der Waals surface area contributed by atoms with Crippen LogP contribution in [0.1, 0.15) is 37.1 Å². The Bertz CT molecular complexity index is 309. The van der Waals surface area contributed by atoms with Gasteiger partial charge in [0.2, 0.25) is 0 Å². The molecule has 0 radical (unpaired) electrons. The predicted octanol–water partition coefficient (Wildman–Crippen LogP) is 1.81. The van der Waals surface area contributed by atoms with E-state index < -0.39 is 0 Å². The molecular formula is C12H23N3O. The van der Waals surface area contributed by atoms with Gasteiger partial charge in [-0.2, -0.15) is 5.10 Å². The minimum absolute atomic E-state index is 0.397. The van der Waals surface area contributed by atoms with Crippen LogP contribution in [0.2, 0.25) is 0 Å². The molecule has 0 amide bonds. The zero-order valence-electron chi connectivity index (χ0n) is 10.8. The summed E-state index contributed by atoms with van der Waals surface area (Å²) in [5.41, 5.74) is 2.55. The minimum atomic E-state index is 0.397. The van der Waals surface area contributed by atoms with Gasteiger partial charge in [0.05, 0.1) is 6.20 Å². The maximum atomic E-state index is 5.09. The molecule has 0 aliphatic rings. The average molecular weight is 225 g/mol. The quantitative estimate of drug-likeness (QED) is 0.719. The largest absolute Gasteiger partial charge is 0.385 e. The second kappa shape index (κ2) is 6.66. The highest BCUT2D eigenvalue weighted by molar-refractivity contribution is 5.20. The number of nitrogens with zero attached hydrogens (tertiary/aromatic N) is 2. The lowest BCUT2D eigenvalue weighted by atomic mass is 10.0. The fourth-order valence-electron chi connectivity index (χ4n) is 1.90. The molecule has 1 atom stereocenters. The number of hydrogen-bond acceptors (Lipinski definition) is 3. The molecule has 0 saturated carbocycles. The van der Waals surface area contributed by atoms with Gasteiger partial charge < -0.3 is 10.1 Å². The van der Waals surface area contributed by atoms with E-state index in [2.05, 4.69) is 24.3 Å². The van der Waals surface area contributed by atoms with Crippen molar-refractivity contribution >= 4 is 0 Å². The second-order valence-electron chi connectivity index (χ2n) is 4.05. The van der Waals surface area contributed by atoms with Gasteiger partial charge in [0.15, 0.2) is 0 Å². The third kappa shape index (κ3) is 3.32. The molecule has 92 valence electrons. The van der Waals surface area contributed by atoms with Gasteiger partial charge in [0.25, 0.3) is 0 Å². The first-order valence-corrected chi connectivity index (χ1v) is 5.91. The summed E-state index contributed by atoms with van der Waals surface area (Å²) in [6, 6.07) is 0.397. The Morgan fingerprint density at radius 2 is 2.31 bits per heavy atom. The highest BCUT2D eigenvalue weighted by Crippen LogP contribution is 2.21. The molecule has 0 fully saturated rings. The van der Waals surface area contributed by atoms with E-state index in [1.54, 1.807) is 7.11 Å². The Labute approximate surface area is 98.0 Å². The topological polar surface area (TPSA) is 39.1 Å². The molecular weight excluding hydrogens is 202 g/mol. The van der Waals surface area contributed by atoms with Crippen LogP contribution in [-0.4, -0.2) is 30.0 Å². The highest BCUT2D eigenvalue weighted by Gasteiger charge is 2.15. The number of methoxy groups -OCH3 is 1. The van der Waals surface area contributed by atoms with E-state index >= 15 is 0 Å². The van der Waals surface area contributed by atoms with Crippen molar-refractivity contribution in [3.8, 4) is 0 Å². The summed E-state index contributed by atoms with van der Waals surface area (Å²) in [7, 11) is 3.73. The highest BCUT2D eigenvalue weighted by atomic mass is 16.5. The maximum Gasteiger partial charge on any atom is 0.0540 e. The molecule has 16 heavy (non-hydrogen) atoms. The van der Waals surface area contributed by atoms with Crippen LogP contribution in [0.5, 0.6) is 0 Å². The van der Waals surface area contributed by atoms with Crippen molar-refractivity contribution < 1.29 is 4.74 Å². The van der Waals surface area contributed by atoms with Crippen molar-refractivity contribution in [2.75, 3.05) is 20.3 Å². The Morgan fingerprint density at radius 1 is 1.56 bits per heavy atom. The Kier molecular flexibility index (Phi) is 5.49. The van der Waals surface area contributed by atoms with Crippen molar-refractivity contribution in [3.63, 3.8) is 0 Å². The monoisotopic (exact) mass is 225 g/mol. The van der Waals surface area contributed by atoms with Crippen LogP contribution >= 0.6 is 0 Å². The molecule has 0 aliphatic heterocycles. The number of hydrogen-bond donors (Lipinski definition) is 1. The zero-order chi connectivity index (χ0) is 12.0. The Balaban J connectivity index is 2.65. The van der Waals surface area contributed by atoms with Crippen LogP contribution in [-0.2, 0) is 11.8 Å². The first-order valence-electron chi connectivity index (χ1n) is 5.91. The number of ether oxygens (including phenoxy) is 1. The van der Waals surface area contributed by atoms with E-state index in [1.165, 1.54) is 11.3 Å². The fraction of sp³-hybridized carbons (Fsp3) is 0.750. The summed E-state index contributed by atoms with van der Waals surface area (Å²) in [4.78, 5) is 0. The van der Waals surface area contributed by atoms with Gasteiger partial charge in [-0.25, -0.2) is 0 Å². The predicted molar refractivity (Wildman–Crippen MR) is 65.5 cm³/mol. The molecule has 1 aromatic rings. The molecule has 1 aromatic heterocycles. The molecule has 1 rings (SSSR count). The van der Waals surface area contributed by atoms with Crippen molar-refractivity contribution in [1.29, 1.82) is 0 Å². The molecule has 0 aromatic carbocycles. The van der Waals surface area contributed by atoms with Gasteiger partial charge in [0, 0.05) is 38.1 Å². The SMILES string of the molecule is CCNC(CCCOC)c1cnn(C)c1C. The second-order valence-corrected chi connectivity index (χ2v) is 4.05. The van der Waals surface area contributed by atoms with Gasteiger partial charge in [-0.3, -0.25) is 4.68 Å². The Morgan fingerprint density at radius 3 is 2.81 bits per heavy atom. The van der Waals surface area contributed by atoms with Crippen molar-refractivity contribution in [2.24, 2.45) is 7.05 Å². The summed E-state index contributed by atoms with van der Waals surface area (Å²) in [6.45, 7) is 6.05. The van der Waals surface area contributed by atoms with Gasteiger partial charge >= 0.3 is 0 Å². The van der Waals surface area contributed by atoms with E-state index in [4.69, 9.17) is 4.74 Å². The van der Waals surface area contributed by atoms with Gasteiger partial charge in [0.1, 0.15) is 0 Å². The minimum Gasteiger partial charge on any atom is -0.385 e. The molecule has 0 bridgehead atoms. The van der Waals surface area contributed by atoms with E-state index in [-0.39, 0.29) is 0 Å². The number of aryl methyl sites for hydroxylation is 1. The zero-order valence-corrected chi connectivity index (χ0v) is 10.8. The number of aromatic nitrogens is 2. The maximum absolute atomic E-state index is 5.09. The molecule has 4 nitrogen and oxygen atoms in total. The van der Waals surface area contributed by atoms with Crippen molar-refractivity contribution in [1.82, 2.24) is 15.1 Å². The Hall–Kier alpha value is -0.870. The van der Waals surface area contributed by atoms with Crippen LogP contribution in [0.15, 0.2) is 6.20 Å². The van der Waals surface area contributed by atoms with E-state index in [0.717, 1.165) is 26.0 Å². The van der Waals surface area contributed by atoms with Crippen LogP contribution in [0, 0.1) is 6.92 Å². The molecule has 0 saturated heterocycles. The van der Waals surface area contributed by atoms with E-state index in [1.807, 2.05) is 17.9 Å². The molecule has 1 unspecified atom stereocenters. The third-order valence-corrected chi connectivity index (χ3v) is 2.94. The first kappa shape index (κ1) is 13.2. The van der Waals surface area contributed by atoms with Crippen LogP contribution in [0.4, 0.5) is 0 Å². The van der Waals surface area contributed by atoms with Gasteiger partial charge in [-0.05, 0) is 26.3 Å². The average Bonchev–Trinajstić information content (AvgIpc) is 2.59. The number of nitrogens with one attached hydrogen (secondary N) is 1. The molecule has 1 N–H and O–H groups in total. The lowest BCUT2D eigenvalue weighted by molar-refractivity contribution is 0.189. The van der Waals surface area contributed by atoms with Crippen molar-refractivity contribution in [3.05, 3.63) is 17.5 Å². The van der Waals surface area contributed by atoms with Crippen molar-refractivity contribution in [2.45, 2.75) is 32.7 Å². The molecule has 4 heteroatoms. The number of rotatable bonds is 7. The van der Waals surface area contributed by atoms with Crippen LogP contribution < -0.4 is 5.32 Å². The third-order valence-electron chi connectivity index (χ3n) is 2.94. The standard InChI is InChI=1S/C12H23N3O/c1-5-13-12(7-6-8-16-4)11-9-14-15(3)10(11)2/h9,12-13H,5-8H2,1-4H3. The summed E-state index contributed by atoms with van der Waals surface area (Å²) in [6.07, 6.45) is 4.13. The smallest absolute Gasteiger partial charge is 0.0540 e. The van der Waals surface area contributed by atoms with E-state index in [9.17, 15) is 0 Å². The summed E-state index contributed by atoms with van der Waals surface area (Å²) < 4.78 is 7.02. The summed E-state index contributed by atoms with van der Waals surface area (Å²) >= 11 is 0. The molecule has 1 heterocycles. The molecule has 0 spiro atoms. The van der Waals surface area contributed by atoms with Gasteiger partial charge in [-0.15, -0.1) is 0 Å². The van der Waals surface area contributed by atoms with Crippen LogP contribution in [0.25, 0.3) is 0 Å². The summed E-state index contributed by atoms with van der Waals surface area (Å²) in [5.74, 6) is 0. The van der Waals surface area contributed by atoms with E-state index in [0.29, 0.717) is 6.04 Å². The van der Waals surface area contributed by atoms with Crippen LogP contribution in [0.3, 0.4) is 0 Å². The summed E-state index contributed by atoms with van der Waals surface area (Å²) in [5, 5.41) is 7.80. The fourth-order valence-corrected chi connectivity index (χ4v) is 1.90.